The molecule has 5 nitrogen and oxygen atoms in total. The van der Waals surface area contributed by atoms with Gasteiger partial charge >= 0.3 is 0 Å². The van der Waals surface area contributed by atoms with Crippen molar-refractivity contribution in [2.75, 3.05) is 11.4 Å². The van der Waals surface area contributed by atoms with Crippen LogP contribution in [0, 0.1) is 0 Å². The lowest BCUT2D eigenvalue weighted by Crippen LogP contribution is -2.50. The lowest BCUT2D eigenvalue weighted by Gasteiger charge is -2.33. The molecular formula is C18H17ClN2O3. The van der Waals surface area contributed by atoms with Crippen molar-refractivity contribution >= 4 is 29.1 Å². The molecule has 0 aromatic heterocycles. The summed E-state index contributed by atoms with van der Waals surface area (Å²) in [7, 11) is 0. The number of carbonyl (C=O) groups is 2. The minimum atomic E-state index is -0.740. The van der Waals surface area contributed by atoms with Gasteiger partial charge in [-0.15, -0.1) is 0 Å². The van der Waals surface area contributed by atoms with Gasteiger partial charge in [-0.2, -0.15) is 0 Å². The molecule has 1 heterocycles. The Morgan fingerprint density at radius 3 is 2.62 bits per heavy atom. The Balaban J connectivity index is 1.69. The monoisotopic (exact) mass is 344 g/mol. The number of nitrogens with one attached hydrogen (secondary N) is 1. The van der Waals surface area contributed by atoms with E-state index >= 15 is 0 Å². The van der Waals surface area contributed by atoms with Crippen molar-refractivity contribution in [3.63, 3.8) is 0 Å². The molecule has 1 atom stereocenters. The van der Waals surface area contributed by atoms with Crippen LogP contribution >= 0.6 is 11.6 Å². The van der Waals surface area contributed by atoms with Crippen LogP contribution in [0.25, 0.3) is 0 Å². The molecule has 2 aromatic rings. The first-order chi connectivity index (χ1) is 11.5. The molecule has 0 radical (unpaired) electrons. The molecule has 0 aliphatic carbocycles. The molecule has 0 unspecified atom stereocenters. The number of carbonyl (C=O) groups excluding carboxylic acids is 2. The van der Waals surface area contributed by atoms with Crippen LogP contribution in [0.15, 0.2) is 48.5 Å². The molecule has 1 aliphatic heterocycles. The summed E-state index contributed by atoms with van der Waals surface area (Å²) in [5.74, 6) is 0.151. The van der Waals surface area contributed by atoms with Gasteiger partial charge in [0, 0.05) is 18.5 Å². The van der Waals surface area contributed by atoms with Gasteiger partial charge in [0.1, 0.15) is 5.75 Å². The molecule has 1 N–H and O–H groups in total. The molecule has 0 saturated carbocycles. The van der Waals surface area contributed by atoms with Gasteiger partial charge < -0.3 is 15.0 Å². The van der Waals surface area contributed by atoms with E-state index in [-0.39, 0.29) is 18.4 Å². The Kier molecular flexibility index (Phi) is 4.71. The molecule has 2 aromatic carbocycles. The van der Waals surface area contributed by atoms with Gasteiger partial charge in [-0.1, -0.05) is 35.9 Å². The number of fused-ring (bicyclic) bond motifs is 1. The van der Waals surface area contributed by atoms with Gasteiger partial charge in [0.25, 0.3) is 5.91 Å². The van der Waals surface area contributed by atoms with Gasteiger partial charge in [0.15, 0.2) is 6.10 Å². The summed E-state index contributed by atoms with van der Waals surface area (Å²) >= 11 is 5.84. The van der Waals surface area contributed by atoms with Crippen LogP contribution < -0.4 is 15.0 Å². The number of nitrogens with zero attached hydrogens (tertiary/aromatic N) is 1. The van der Waals surface area contributed by atoms with Crippen molar-refractivity contribution in [3.8, 4) is 5.75 Å². The van der Waals surface area contributed by atoms with Gasteiger partial charge in [-0.05, 0) is 29.8 Å². The standard InChI is InChI=1S/C18H17ClN2O3/c1-12(22)21-11-17(24-16-5-3-2-4-15(16)21)18(23)20-10-13-6-8-14(19)9-7-13/h2-9,17H,10-11H2,1H3,(H,20,23)/t17-/m0/s1. The number of hydrogen-bond acceptors (Lipinski definition) is 3. The fraction of sp³-hybridized carbons (Fsp3) is 0.222. The fourth-order valence-electron chi connectivity index (χ4n) is 2.57. The fourth-order valence-corrected chi connectivity index (χ4v) is 2.70. The maximum atomic E-state index is 12.4. The normalized spacial score (nSPS) is 16.1. The van der Waals surface area contributed by atoms with Crippen LogP contribution in [-0.2, 0) is 16.1 Å². The molecule has 0 spiro atoms. The Labute approximate surface area is 145 Å². The summed E-state index contributed by atoms with van der Waals surface area (Å²) in [6, 6.07) is 14.4. The largest absolute Gasteiger partial charge is 0.477 e. The van der Waals surface area contributed by atoms with E-state index in [1.807, 2.05) is 24.3 Å². The van der Waals surface area contributed by atoms with Gasteiger partial charge in [-0.3, -0.25) is 9.59 Å². The van der Waals surface area contributed by atoms with Crippen molar-refractivity contribution in [2.45, 2.75) is 19.6 Å². The third-order valence-corrected chi connectivity index (χ3v) is 4.08. The van der Waals surface area contributed by atoms with Crippen molar-refractivity contribution in [3.05, 3.63) is 59.1 Å². The van der Waals surface area contributed by atoms with E-state index in [9.17, 15) is 9.59 Å². The summed E-state index contributed by atoms with van der Waals surface area (Å²) in [5.41, 5.74) is 1.62. The molecular weight excluding hydrogens is 328 g/mol. The molecule has 0 saturated heterocycles. The van der Waals surface area contributed by atoms with Gasteiger partial charge in [0.2, 0.25) is 5.91 Å². The van der Waals surface area contributed by atoms with Crippen LogP contribution in [0.5, 0.6) is 5.75 Å². The first kappa shape index (κ1) is 16.3. The number of rotatable bonds is 3. The lowest BCUT2D eigenvalue weighted by molar-refractivity contribution is -0.128. The average molecular weight is 345 g/mol. The van der Waals surface area contributed by atoms with Gasteiger partial charge in [0.05, 0.1) is 12.2 Å². The SMILES string of the molecule is CC(=O)N1C[C@@H](C(=O)NCc2ccc(Cl)cc2)Oc2ccccc21. The van der Waals surface area contributed by atoms with E-state index in [0.29, 0.717) is 23.0 Å². The van der Waals surface area contributed by atoms with Crippen LogP contribution in [0.4, 0.5) is 5.69 Å². The van der Waals surface area contributed by atoms with Crippen molar-refractivity contribution in [1.29, 1.82) is 0 Å². The highest BCUT2D eigenvalue weighted by Crippen LogP contribution is 2.33. The highest BCUT2D eigenvalue weighted by molar-refractivity contribution is 6.30. The first-order valence-corrected chi connectivity index (χ1v) is 7.98. The van der Waals surface area contributed by atoms with E-state index in [4.69, 9.17) is 16.3 Å². The molecule has 124 valence electrons. The topological polar surface area (TPSA) is 58.6 Å². The zero-order chi connectivity index (χ0) is 17.1. The highest BCUT2D eigenvalue weighted by atomic mass is 35.5. The summed E-state index contributed by atoms with van der Waals surface area (Å²) in [4.78, 5) is 25.8. The lowest BCUT2D eigenvalue weighted by atomic mass is 10.1. The number of ether oxygens (including phenoxy) is 1. The summed E-state index contributed by atoms with van der Waals surface area (Å²) in [6.07, 6.45) is -0.740. The number of para-hydroxylation sites is 2. The third kappa shape index (κ3) is 3.51. The van der Waals surface area contributed by atoms with Crippen molar-refractivity contribution in [1.82, 2.24) is 5.32 Å². The zero-order valence-corrected chi connectivity index (χ0v) is 13.9. The second-order valence-electron chi connectivity index (χ2n) is 5.55. The Morgan fingerprint density at radius 2 is 1.92 bits per heavy atom. The summed E-state index contributed by atoms with van der Waals surface area (Å²) in [6.45, 7) is 2.04. The van der Waals surface area contributed by atoms with Crippen LogP contribution in [0.2, 0.25) is 5.02 Å². The second kappa shape index (κ2) is 6.93. The third-order valence-electron chi connectivity index (χ3n) is 3.83. The molecule has 24 heavy (non-hydrogen) atoms. The number of amides is 2. The Hall–Kier alpha value is -2.53. The molecule has 6 heteroatoms. The van der Waals surface area contributed by atoms with E-state index < -0.39 is 6.10 Å². The maximum Gasteiger partial charge on any atom is 0.263 e. The minimum Gasteiger partial charge on any atom is -0.477 e. The number of anilines is 1. The van der Waals surface area contributed by atoms with E-state index in [0.717, 1.165) is 5.56 Å². The molecule has 0 bridgehead atoms. The molecule has 3 rings (SSSR count). The van der Waals surface area contributed by atoms with Crippen molar-refractivity contribution < 1.29 is 14.3 Å². The van der Waals surface area contributed by atoms with E-state index in [1.54, 1.807) is 29.2 Å². The quantitative estimate of drug-likeness (QED) is 0.931. The summed E-state index contributed by atoms with van der Waals surface area (Å²) in [5, 5.41) is 3.48. The Morgan fingerprint density at radius 1 is 1.21 bits per heavy atom. The average Bonchev–Trinajstić information content (AvgIpc) is 2.59. The summed E-state index contributed by atoms with van der Waals surface area (Å²) < 4.78 is 5.75. The number of halogens is 1. The Bertz CT molecular complexity index is 761. The smallest absolute Gasteiger partial charge is 0.263 e. The van der Waals surface area contributed by atoms with E-state index in [1.165, 1.54) is 6.92 Å². The molecule has 2 amide bonds. The maximum absolute atomic E-state index is 12.4. The molecule has 1 aliphatic rings. The first-order valence-electron chi connectivity index (χ1n) is 7.60. The van der Waals surface area contributed by atoms with Crippen LogP contribution in [0.3, 0.4) is 0 Å². The number of hydrogen-bond donors (Lipinski definition) is 1. The predicted molar refractivity (Wildman–Crippen MR) is 92.2 cm³/mol. The van der Waals surface area contributed by atoms with Crippen LogP contribution in [-0.4, -0.2) is 24.5 Å². The van der Waals surface area contributed by atoms with Crippen LogP contribution in [0.1, 0.15) is 12.5 Å². The van der Waals surface area contributed by atoms with Gasteiger partial charge in [-0.25, -0.2) is 0 Å². The predicted octanol–water partition coefficient (Wildman–Crippen LogP) is 2.77. The second-order valence-corrected chi connectivity index (χ2v) is 5.98. The van der Waals surface area contributed by atoms with E-state index in [2.05, 4.69) is 5.32 Å². The van der Waals surface area contributed by atoms with Crippen molar-refractivity contribution in [2.24, 2.45) is 0 Å². The number of benzene rings is 2. The highest BCUT2D eigenvalue weighted by Gasteiger charge is 2.32. The molecule has 0 fully saturated rings. The zero-order valence-electron chi connectivity index (χ0n) is 13.2. The minimum absolute atomic E-state index is 0.124.